The molecule has 0 bridgehead atoms. The normalized spacial score (nSPS) is 12.7. The molecule has 0 heterocycles. The average Bonchev–Trinajstić information content (AvgIpc) is 2.75. The molecule has 2 aromatic rings. The van der Waals surface area contributed by atoms with Gasteiger partial charge >= 0.3 is 0 Å². The summed E-state index contributed by atoms with van der Waals surface area (Å²) in [5, 5.41) is 3.04. The molecule has 0 aliphatic carbocycles. The standard InChI is InChI=1S/C25H34N2O3/c1-6-19(4)26-25(29)23(7-2)27(17-20-12-14-22(30-5)15-13-20)24(28)16-21-11-9-8-10-18(21)3/h8-15,19,23H,6-7,16-17H2,1-5H3,(H,26,29). The molecule has 0 spiro atoms. The summed E-state index contributed by atoms with van der Waals surface area (Å²) in [6, 6.07) is 15.1. The van der Waals surface area contributed by atoms with Crippen LogP contribution < -0.4 is 10.1 Å². The molecule has 2 amide bonds. The van der Waals surface area contributed by atoms with Crippen LogP contribution in [0.3, 0.4) is 0 Å². The topological polar surface area (TPSA) is 58.6 Å². The van der Waals surface area contributed by atoms with E-state index in [0.717, 1.165) is 28.9 Å². The number of carbonyl (C=O) groups excluding carboxylic acids is 2. The van der Waals surface area contributed by atoms with E-state index in [1.165, 1.54) is 0 Å². The largest absolute Gasteiger partial charge is 0.497 e. The average molecular weight is 411 g/mol. The molecule has 162 valence electrons. The second-order valence-corrected chi connectivity index (χ2v) is 7.71. The number of nitrogens with zero attached hydrogens (tertiary/aromatic N) is 1. The van der Waals surface area contributed by atoms with Crippen LogP contribution in [0, 0.1) is 6.92 Å². The highest BCUT2D eigenvalue weighted by atomic mass is 16.5. The third kappa shape index (κ3) is 6.34. The summed E-state index contributed by atoms with van der Waals surface area (Å²) in [5.74, 6) is 0.614. The second kappa shape index (κ2) is 11.4. The van der Waals surface area contributed by atoms with Crippen LogP contribution in [0.25, 0.3) is 0 Å². The molecule has 0 aliphatic rings. The summed E-state index contributed by atoms with van der Waals surface area (Å²) in [7, 11) is 1.62. The number of ether oxygens (including phenoxy) is 1. The van der Waals surface area contributed by atoms with E-state index in [-0.39, 0.29) is 24.3 Å². The quantitative estimate of drug-likeness (QED) is 0.636. The molecule has 2 atom stereocenters. The van der Waals surface area contributed by atoms with Gasteiger partial charge in [-0.15, -0.1) is 0 Å². The van der Waals surface area contributed by atoms with E-state index in [9.17, 15) is 9.59 Å². The van der Waals surface area contributed by atoms with Gasteiger partial charge in [-0.2, -0.15) is 0 Å². The predicted octanol–water partition coefficient (Wildman–Crippen LogP) is 4.27. The van der Waals surface area contributed by atoms with E-state index in [4.69, 9.17) is 4.74 Å². The Morgan fingerprint density at radius 3 is 2.27 bits per heavy atom. The van der Waals surface area contributed by atoms with Gasteiger partial charge in [-0.1, -0.05) is 50.2 Å². The Morgan fingerprint density at radius 1 is 1.03 bits per heavy atom. The molecule has 0 radical (unpaired) electrons. The van der Waals surface area contributed by atoms with E-state index >= 15 is 0 Å². The van der Waals surface area contributed by atoms with Crippen molar-refractivity contribution in [1.29, 1.82) is 0 Å². The lowest BCUT2D eigenvalue weighted by Gasteiger charge is -2.31. The molecule has 5 nitrogen and oxygen atoms in total. The van der Waals surface area contributed by atoms with Crippen LogP contribution in [0.5, 0.6) is 5.75 Å². The zero-order valence-corrected chi connectivity index (χ0v) is 18.8. The van der Waals surface area contributed by atoms with Crippen LogP contribution in [0.2, 0.25) is 0 Å². The Hall–Kier alpha value is -2.82. The van der Waals surface area contributed by atoms with Crippen LogP contribution >= 0.6 is 0 Å². The fourth-order valence-corrected chi connectivity index (χ4v) is 3.36. The summed E-state index contributed by atoms with van der Waals surface area (Å²) in [4.78, 5) is 28.1. The molecular formula is C25H34N2O3. The van der Waals surface area contributed by atoms with Gasteiger partial charge in [-0.25, -0.2) is 0 Å². The highest BCUT2D eigenvalue weighted by molar-refractivity contribution is 5.88. The summed E-state index contributed by atoms with van der Waals surface area (Å²) in [5.41, 5.74) is 3.02. The smallest absolute Gasteiger partial charge is 0.243 e. The Morgan fingerprint density at radius 2 is 1.70 bits per heavy atom. The SMILES string of the molecule is CCC(C)NC(=O)C(CC)N(Cc1ccc(OC)cc1)C(=O)Cc1ccccc1C. The van der Waals surface area contributed by atoms with Crippen molar-refractivity contribution in [2.45, 2.75) is 65.6 Å². The molecule has 2 rings (SSSR count). The van der Waals surface area contributed by atoms with Crippen molar-refractivity contribution >= 4 is 11.8 Å². The van der Waals surface area contributed by atoms with Gasteiger partial charge in [-0.05, 0) is 55.5 Å². The molecular weight excluding hydrogens is 376 g/mol. The van der Waals surface area contributed by atoms with Crippen molar-refractivity contribution in [2.24, 2.45) is 0 Å². The first-order valence-electron chi connectivity index (χ1n) is 10.7. The van der Waals surface area contributed by atoms with Gasteiger partial charge in [0.2, 0.25) is 11.8 Å². The number of hydrogen-bond acceptors (Lipinski definition) is 3. The van der Waals surface area contributed by atoms with Crippen molar-refractivity contribution in [3.8, 4) is 5.75 Å². The van der Waals surface area contributed by atoms with Gasteiger partial charge in [0.25, 0.3) is 0 Å². The fourth-order valence-electron chi connectivity index (χ4n) is 3.36. The van der Waals surface area contributed by atoms with Crippen LogP contribution in [-0.2, 0) is 22.6 Å². The summed E-state index contributed by atoms with van der Waals surface area (Å²) < 4.78 is 5.23. The Labute approximate surface area is 180 Å². The van der Waals surface area contributed by atoms with Crippen LogP contribution in [0.1, 0.15) is 50.3 Å². The first-order valence-corrected chi connectivity index (χ1v) is 10.7. The van der Waals surface area contributed by atoms with Crippen molar-refractivity contribution in [3.05, 3.63) is 65.2 Å². The van der Waals surface area contributed by atoms with Crippen molar-refractivity contribution < 1.29 is 14.3 Å². The third-order valence-corrected chi connectivity index (χ3v) is 5.50. The molecule has 0 aliphatic heterocycles. The first-order chi connectivity index (χ1) is 14.4. The Balaban J connectivity index is 2.30. The lowest BCUT2D eigenvalue weighted by Crippen LogP contribution is -2.51. The lowest BCUT2D eigenvalue weighted by molar-refractivity contribution is -0.141. The lowest BCUT2D eigenvalue weighted by atomic mass is 10.0. The third-order valence-electron chi connectivity index (χ3n) is 5.50. The minimum absolute atomic E-state index is 0.0498. The fraction of sp³-hybridized carbons (Fsp3) is 0.440. The van der Waals surface area contributed by atoms with Crippen molar-refractivity contribution in [1.82, 2.24) is 10.2 Å². The van der Waals surface area contributed by atoms with Crippen LogP contribution in [0.4, 0.5) is 0 Å². The molecule has 0 saturated heterocycles. The predicted molar refractivity (Wildman–Crippen MR) is 120 cm³/mol. The van der Waals surface area contributed by atoms with Crippen LogP contribution in [0.15, 0.2) is 48.5 Å². The van der Waals surface area contributed by atoms with Gasteiger partial charge in [0.05, 0.1) is 13.5 Å². The number of amides is 2. The number of hydrogen-bond donors (Lipinski definition) is 1. The van der Waals surface area contributed by atoms with Gasteiger partial charge in [0.1, 0.15) is 11.8 Å². The first kappa shape index (κ1) is 23.5. The van der Waals surface area contributed by atoms with E-state index in [2.05, 4.69) is 5.32 Å². The number of aryl methyl sites for hydroxylation is 1. The summed E-state index contributed by atoms with van der Waals surface area (Å²) >= 11 is 0. The van der Waals surface area contributed by atoms with Gasteiger partial charge in [0, 0.05) is 12.6 Å². The zero-order chi connectivity index (χ0) is 22.1. The monoisotopic (exact) mass is 410 g/mol. The molecule has 30 heavy (non-hydrogen) atoms. The molecule has 5 heteroatoms. The zero-order valence-electron chi connectivity index (χ0n) is 18.8. The molecule has 2 unspecified atom stereocenters. The molecule has 0 aromatic heterocycles. The second-order valence-electron chi connectivity index (χ2n) is 7.71. The highest BCUT2D eigenvalue weighted by Gasteiger charge is 2.29. The van der Waals surface area contributed by atoms with Gasteiger partial charge in [-0.3, -0.25) is 9.59 Å². The van der Waals surface area contributed by atoms with E-state index < -0.39 is 6.04 Å². The maximum atomic E-state index is 13.4. The molecule has 0 fully saturated rings. The minimum atomic E-state index is -0.516. The Bertz CT molecular complexity index is 833. The van der Waals surface area contributed by atoms with E-state index in [1.54, 1.807) is 12.0 Å². The number of nitrogens with one attached hydrogen (secondary N) is 1. The minimum Gasteiger partial charge on any atom is -0.497 e. The highest BCUT2D eigenvalue weighted by Crippen LogP contribution is 2.18. The number of benzene rings is 2. The number of methoxy groups -OCH3 is 1. The van der Waals surface area contributed by atoms with Crippen molar-refractivity contribution in [2.75, 3.05) is 7.11 Å². The van der Waals surface area contributed by atoms with E-state index in [0.29, 0.717) is 13.0 Å². The van der Waals surface area contributed by atoms with Crippen LogP contribution in [-0.4, -0.2) is 35.9 Å². The summed E-state index contributed by atoms with van der Waals surface area (Å²) in [6.45, 7) is 8.34. The molecule has 2 aromatic carbocycles. The van der Waals surface area contributed by atoms with Crippen molar-refractivity contribution in [3.63, 3.8) is 0 Å². The Kier molecular flexibility index (Phi) is 8.90. The van der Waals surface area contributed by atoms with E-state index in [1.807, 2.05) is 76.2 Å². The molecule has 1 N–H and O–H groups in total. The maximum absolute atomic E-state index is 13.4. The van der Waals surface area contributed by atoms with Gasteiger partial charge < -0.3 is 15.0 Å². The maximum Gasteiger partial charge on any atom is 0.243 e. The summed E-state index contributed by atoms with van der Waals surface area (Å²) in [6.07, 6.45) is 1.67. The number of carbonyl (C=O) groups is 2. The molecule has 0 saturated carbocycles. The number of rotatable bonds is 10. The van der Waals surface area contributed by atoms with Gasteiger partial charge in [0.15, 0.2) is 0 Å².